The summed E-state index contributed by atoms with van der Waals surface area (Å²) in [4.78, 5) is 2.10. The van der Waals surface area contributed by atoms with Crippen LogP contribution in [0, 0.1) is 10.8 Å². The van der Waals surface area contributed by atoms with Crippen molar-refractivity contribution in [1.29, 1.82) is 0 Å². The Morgan fingerprint density at radius 1 is 0.412 bits per heavy atom. The number of fused-ring (bicyclic) bond motifs is 2. The Labute approximate surface area is 332 Å². The Balaban J connectivity index is 1.63. The fourth-order valence-corrected chi connectivity index (χ4v) is 8.97. The van der Waals surface area contributed by atoms with E-state index in [0.717, 1.165) is 42.6 Å². The number of anilines is 3. The molecule has 0 bridgehead atoms. The normalized spacial score (nSPS) is 21.4. The van der Waals surface area contributed by atoms with Crippen LogP contribution >= 0.6 is 31.9 Å². The van der Waals surface area contributed by atoms with Gasteiger partial charge >= 0.3 is 0 Å². The molecule has 7 rings (SSSR count). The van der Waals surface area contributed by atoms with Crippen LogP contribution in [0.5, 0.6) is 0 Å². The maximum Gasteiger partial charge on any atom is 0.0632 e. The van der Waals surface area contributed by atoms with Crippen molar-refractivity contribution in [3.8, 4) is 22.3 Å². The predicted octanol–water partition coefficient (Wildman–Crippen LogP) is 15.2. The lowest BCUT2D eigenvalue weighted by Gasteiger charge is -2.44. The van der Waals surface area contributed by atoms with Crippen LogP contribution in [0.25, 0.3) is 22.3 Å². The van der Waals surface area contributed by atoms with Crippen molar-refractivity contribution in [2.45, 2.75) is 105 Å². The zero-order valence-electron chi connectivity index (χ0n) is 38.1. The van der Waals surface area contributed by atoms with Crippen molar-refractivity contribution in [2.75, 3.05) is 4.90 Å². The van der Waals surface area contributed by atoms with Crippen LogP contribution in [0.2, 0.25) is 0 Å². The molecule has 0 spiro atoms. The molecule has 0 N–H and O–H groups in total. The molecule has 51 heavy (non-hydrogen) atoms. The maximum atomic E-state index is 9.97. The highest BCUT2D eigenvalue weighted by molar-refractivity contribution is 9.10. The third kappa shape index (κ3) is 5.19. The summed E-state index contributed by atoms with van der Waals surface area (Å²) in [6.45, 7) is 25.9. The molecule has 2 aliphatic rings. The SMILES string of the molecule is [2H]c1c([2H])c2c(c([2H])c1-c1cc(-c3c([2H])c([2H])c4c(c3[2H])C(C)(C)C(C)(C)C4(C)C)cc(N(c3ccc(Br)cc3)c3ccc(Br)cc3)c1)C(C)(C)C(C)(C)C2(C)C. The van der Waals surface area contributed by atoms with Gasteiger partial charge in [-0.3, -0.25) is 0 Å². The maximum absolute atomic E-state index is 9.97. The van der Waals surface area contributed by atoms with Crippen molar-refractivity contribution >= 4 is 48.9 Å². The van der Waals surface area contributed by atoms with Gasteiger partial charge in [-0.25, -0.2) is 0 Å². The van der Waals surface area contributed by atoms with E-state index in [9.17, 15) is 8.22 Å². The largest absolute Gasteiger partial charge is 0.310 e. The highest BCUT2D eigenvalue weighted by atomic mass is 79.9. The number of hydrogen-bond donors (Lipinski definition) is 0. The minimum atomic E-state index is -0.490. The molecule has 0 saturated carbocycles. The molecule has 3 heteroatoms. The van der Waals surface area contributed by atoms with E-state index in [-0.39, 0.29) is 47.1 Å². The highest BCUT2D eigenvalue weighted by Gasteiger charge is 2.57. The molecule has 0 aromatic heterocycles. The molecular weight excluding hydrogens is 750 g/mol. The molecule has 0 heterocycles. The van der Waals surface area contributed by atoms with Crippen molar-refractivity contribution in [3.05, 3.63) is 134 Å². The fourth-order valence-electron chi connectivity index (χ4n) is 8.45. The highest BCUT2D eigenvalue weighted by Crippen LogP contribution is 2.63. The summed E-state index contributed by atoms with van der Waals surface area (Å²) in [5.41, 5.74) is 4.75. The summed E-state index contributed by atoms with van der Waals surface area (Å²) < 4.78 is 60.2. The van der Waals surface area contributed by atoms with E-state index in [2.05, 4.69) is 120 Å². The fraction of sp³-hybridized carbons (Fsp3) is 0.375. The topological polar surface area (TPSA) is 3.24 Å². The monoisotopic (exact) mass is 807 g/mol. The minimum absolute atomic E-state index is 0.0146. The van der Waals surface area contributed by atoms with E-state index in [1.54, 1.807) is 0 Å². The first-order chi connectivity index (χ1) is 26.2. The van der Waals surface area contributed by atoms with Crippen molar-refractivity contribution in [3.63, 3.8) is 0 Å². The third-order valence-electron chi connectivity index (χ3n) is 14.3. The summed E-state index contributed by atoms with van der Waals surface area (Å²) in [6.07, 6.45) is 0. The molecule has 0 aliphatic heterocycles. The molecular formula is C48H53Br2N. The molecule has 0 saturated heterocycles. The molecule has 0 unspecified atom stereocenters. The summed E-state index contributed by atoms with van der Waals surface area (Å²) >= 11 is 7.20. The first-order valence-corrected chi connectivity index (χ1v) is 19.5. The second-order valence-corrected chi connectivity index (χ2v) is 19.6. The van der Waals surface area contributed by atoms with Gasteiger partial charge in [-0.05, 0) is 144 Å². The zero-order chi connectivity index (χ0) is 42.3. The lowest BCUT2D eigenvalue weighted by Crippen LogP contribution is -2.42. The molecule has 5 aromatic rings. The summed E-state index contributed by atoms with van der Waals surface area (Å²) in [5, 5.41) is 0. The first kappa shape index (κ1) is 29.3. The average Bonchev–Trinajstić information content (AvgIpc) is 3.31. The smallest absolute Gasteiger partial charge is 0.0632 e. The van der Waals surface area contributed by atoms with Gasteiger partial charge in [0.15, 0.2) is 0 Å². The second kappa shape index (κ2) is 11.7. The van der Waals surface area contributed by atoms with E-state index in [1.807, 2.05) is 66.7 Å². The van der Waals surface area contributed by atoms with Gasteiger partial charge in [0.2, 0.25) is 0 Å². The van der Waals surface area contributed by atoms with Crippen LogP contribution in [-0.2, 0) is 21.7 Å². The first-order valence-electron chi connectivity index (χ1n) is 20.9. The summed E-state index contributed by atoms with van der Waals surface area (Å²) in [5.74, 6) is 0. The Morgan fingerprint density at radius 2 is 0.745 bits per heavy atom. The molecule has 0 atom stereocenters. The van der Waals surface area contributed by atoms with Gasteiger partial charge in [0, 0.05) is 26.0 Å². The van der Waals surface area contributed by atoms with Gasteiger partial charge in [-0.15, -0.1) is 0 Å². The number of halogens is 2. The molecule has 0 amide bonds. The predicted molar refractivity (Wildman–Crippen MR) is 227 cm³/mol. The van der Waals surface area contributed by atoms with Gasteiger partial charge in [-0.2, -0.15) is 0 Å². The van der Waals surface area contributed by atoms with Crippen molar-refractivity contribution in [2.24, 2.45) is 10.8 Å². The van der Waals surface area contributed by atoms with Gasteiger partial charge in [0.05, 0.1) is 8.22 Å². The molecule has 0 fully saturated rings. The number of nitrogens with zero attached hydrogens (tertiary/aromatic N) is 1. The van der Waals surface area contributed by atoms with Crippen LogP contribution in [0.15, 0.2) is 112 Å². The Hall–Kier alpha value is -3.14. The lowest BCUT2D eigenvalue weighted by molar-refractivity contribution is 0.125. The van der Waals surface area contributed by atoms with Crippen LogP contribution < -0.4 is 4.90 Å². The van der Waals surface area contributed by atoms with Crippen LogP contribution in [0.4, 0.5) is 17.1 Å². The van der Waals surface area contributed by atoms with E-state index >= 15 is 0 Å². The summed E-state index contributed by atoms with van der Waals surface area (Å²) in [6, 6.07) is 22.5. The lowest BCUT2D eigenvalue weighted by atomic mass is 9.59. The molecule has 2 aliphatic carbocycles. The van der Waals surface area contributed by atoms with Gasteiger partial charge < -0.3 is 4.90 Å². The van der Waals surface area contributed by atoms with Gasteiger partial charge in [-0.1, -0.05) is 151 Å². The number of hydrogen-bond acceptors (Lipinski definition) is 1. The van der Waals surface area contributed by atoms with E-state index in [4.69, 9.17) is 0 Å². The quantitative estimate of drug-likeness (QED) is 0.171. The van der Waals surface area contributed by atoms with E-state index in [1.165, 1.54) is 0 Å². The number of rotatable bonds is 5. The second-order valence-electron chi connectivity index (χ2n) is 17.8. The van der Waals surface area contributed by atoms with Crippen molar-refractivity contribution in [1.82, 2.24) is 0 Å². The number of benzene rings is 5. The van der Waals surface area contributed by atoms with Crippen LogP contribution in [0.3, 0.4) is 0 Å². The summed E-state index contributed by atoms with van der Waals surface area (Å²) in [7, 11) is 0. The van der Waals surface area contributed by atoms with Crippen molar-refractivity contribution < 1.29 is 8.22 Å². The Bertz CT molecular complexity index is 2330. The van der Waals surface area contributed by atoms with Crippen LogP contribution in [-0.4, -0.2) is 0 Å². The Morgan fingerprint density at radius 3 is 1.10 bits per heavy atom. The van der Waals surface area contributed by atoms with E-state index < -0.39 is 21.7 Å². The average molecular weight is 810 g/mol. The van der Waals surface area contributed by atoms with Gasteiger partial charge in [0.1, 0.15) is 0 Å². The third-order valence-corrected chi connectivity index (χ3v) is 15.4. The van der Waals surface area contributed by atoms with Gasteiger partial charge in [0.25, 0.3) is 0 Å². The molecule has 1 nitrogen and oxygen atoms in total. The minimum Gasteiger partial charge on any atom is -0.310 e. The molecule has 264 valence electrons. The standard InChI is InChI=1S/C48H53Br2N/c1-43(2)39-23-13-30(28-41(39)45(5,6)47(43,9)10)32-25-33(31-14-24-40-42(29-31)46(7,8)48(11,12)44(40,3)4)27-38(26-32)51(36-19-15-34(49)16-20-36)37-21-17-35(50)18-22-37/h13-29H,1-12H3/i13D,14D,23D,24D,28D,29D. The van der Waals surface area contributed by atoms with E-state index in [0.29, 0.717) is 27.9 Å². The molecule has 5 aromatic carbocycles. The zero-order valence-corrected chi connectivity index (χ0v) is 35.2. The van der Waals surface area contributed by atoms with Crippen LogP contribution in [0.1, 0.15) is 114 Å². The molecule has 0 radical (unpaired) electrons. The Kier molecular flexibility index (Phi) is 6.72.